The minimum absolute atomic E-state index is 0.422. The number of hydrogen-bond donors (Lipinski definition) is 1. The third-order valence-corrected chi connectivity index (χ3v) is 4.98. The molecule has 1 unspecified atom stereocenters. The minimum Gasteiger partial charge on any atom is -0.496 e. The van der Waals surface area contributed by atoms with Gasteiger partial charge in [-0.05, 0) is 62.5 Å². The van der Waals surface area contributed by atoms with Crippen LogP contribution in [0, 0.1) is 17.8 Å². The lowest BCUT2D eigenvalue weighted by Crippen LogP contribution is -2.29. The molecule has 0 saturated heterocycles. The molecule has 0 amide bonds. The Labute approximate surface area is 122 Å². The monoisotopic (exact) mass is 273 g/mol. The van der Waals surface area contributed by atoms with Crippen molar-refractivity contribution >= 4 is 0 Å². The molecule has 2 fully saturated rings. The summed E-state index contributed by atoms with van der Waals surface area (Å²) < 4.78 is 5.51. The first-order valence-electron chi connectivity index (χ1n) is 8.19. The van der Waals surface area contributed by atoms with E-state index in [1.165, 1.54) is 37.8 Å². The molecule has 0 aliphatic heterocycles. The van der Waals surface area contributed by atoms with E-state index in [1.807, 2.05) is 6.07 Å². The fourth-order valence-corrected chi connectivity index (χ4v) is 3.47. The first-order valence-corrected chi connectivity index (χ1v) is 8.19. The molecule has 20 heavy (non-hydrogen) atoms. The zero-order chi connectivity index (χ0) is 13.9. The Morgan fingerprint density at radius 2 is 1.80 bits per heavy atom. The van der Waals surface area contributed by atoms with Crippen LogP contribution in [0.5, 0.6) is 5.75 Å². The van der Waals surface area contributed by atoms with E-state index in [9.17, 15) is 0 Å². The Bertz CT molecular complexity index is 425. The fraction of sp³-hybridized carbons (Fsp3) is 0.667. The van der Waals surface area contributed by atoms with Crippen molar-refractivity contribution in [2.45, 2.75) is 45.1 Å². The second-order valence-electron chi connectivity index (χ2n) is 6.45. The SMILES string of the molecule is CCC(NCC(C1CC1)C1CC1)c1ccccc1OC. The van der Waals surface area contributed by atoms with Gasteiger partial charge in [-0.15, -0.1) is 0 Å². The second-order valence-corrected chi connectivity index (χ2v) is 6.45. The maximum Gasteiger partial charge on any atom is 0.123 e. The highest BCUT2D eigenvalue weighted by Gasteiger charge is 2.41. The van der Waals surface area contributed by atoms with Gasteiger partial charge in [0.15, 0.2) is 0 Å². The van der Waals surface area contributed by atoms with Crippen LogP contribution in [0.3, 0.4) is 0 Å². The van der Waals surface area contributed by atoms with E-state index in [-0.39, 0.29) is 0 Å². The molecular weight excluding hydrogens is 246 g/mol. The summed E-state index contributed by atoms with van der Waals surface area (Å²) in [6.07, 6.45) is 6.98. The Hall–Kier alpha value is -1.02. The quantitative estimate of drug-likeness (QED) is 0.767. The molecule has 1 aromatic rings. The highest BCUT2D eigenvalue weighted by atomic mass is 16.5. The van der Waals surface area contributed by atoms with Crippen molar-refractivity contribution in [2.75, 3.05) is 13.7 Å². The number of nitrogens with one attached hydrogen (secondary N) is 1. The van der Waals surface area contributed by atoms with Gasteiger partial charge in [0, 0.05) is 11.6 Å². The van der Waals surface area contributed by atoms with Crippen LogP contribution in [-0.2, 0) is 0 Å². The molecule has 2 aliphatic rings. The summed E-state index contributed by atoms with van der Waals surface area (Å²) in [6.45, 7) is 3.44. The Balaban J connectivity index is 1.63. The molecule has 0 radical (unpaired) electrons. The lowest BCUT2D eigenvalue weighted by molar-refractivity contribution is 0.345. The van der Waals surface area contributed by atoms with Crippen LogP contribution in [0.25, 0.3) is 0 Å². The first kappa shape index (κ1) is 13.9. The first-order chi connectivity index (χ1) is 9.83. The average molecular weight is 273 g/mol. The summed E-state index contributed by atoms with van der Waals surface area (Å²) >= 11 is 0. The van der Waals surface area contributed by atoms with Gasteiger partial charge < -0.3 is 10.1 Å². The summed E-state index contributed by atoms with van der Waals surface area (Å²) in [6, 6.07) is 8.85. The van der Waals surface area contributed by atoms with Crippen LogP contribution in [0.1, 0.15) is 50.6 Å². The number of rotatable bonds is 8. The molecule has 110 valence electrons. The molecule has 2 aliphatic carbocycles. The largest absolute Gasteiger partial charge is 0.496 e. The molecule has 0 spiro atoms. The molecule has 0 aromatic heterocycles. The average Bonchev–Trinajstić information content (AvgIpc) is 3.37. The molecule has 0 heterocycles. The van der Waals surface area contributed by atoms with Crippen LogP contribution in [0.4, 0.5) is 0 Å². The predicted molar refractivity (Wildman–Crippen MR) is 83.0 cm³/mol. The third-order valence-electron chi connectivity index (χ3n) is 4.98. The Kier molecular flexibility index (Phi) is 4.30. The van der Waals surface area contributed by atoms with E-state index in [4.69, 9.17) is 4.74 Å². The zero-order valence-corrected chi connectivity index (χ0v) is 12.8. The Morgan fingerprint density at radius 1 is 1.15 bits per heavy atom. The van der Waals surface area contributed by atoms with Crippen LogP contribution >= 0.6 is 0 Å². The van der Waals surface area contributed by atoms with Gasteiger partial charge in [0.1, 0.15) is 5.75 Å². The van der Waals surface area contributed by atoms with E-state index >= 15 is 0 Å². The van der Waals surface area contributed by atoms with Crippen molar-refractivity contribution in [3.8, 4) is 5.75 Å². The third kappa shape index (κ3) is 3.17. The van der Waals surface area contributed by atoms with Crippen LogP contribution in [-0.4, -0.2) is 13.7 Å². The topological polar surface area (TPSA) is 21.3 Å². The van der Waals surface area contributed by atoms with E-state index < -0.39 is 0 Å². The number of hydrogen-bond acceptors (Lipinski definition) is 2. The molecule has 2 nitrogen and oxygen atoms in total. The summed E-state index contributed by atoms with van der Waals surface area (Å²) in [4.78, 5) is 0. The van der Waals surface area contributed by atoms with Crippen molar-refractivity contribution in [3.05, 3.63) is 29.8 Å². The number of benzene rings is 1. The van der Waals surface area contributed by atoms with Crippen molar-refractivity contribution in [3.63, 3.8) is 0 Å². The van der Waals surface area contributed by atoms with Gasteiger partial charge in [-0.2, -0.15) is 0 Å². The van der Waals surface area contributed by atoms with Gasteiger partial charge in [0.05, 0.1) is 7.11 Å². The lowest BCUT2D eigenvalue weighted by atomic mass is 9.96. The number of ether oxygens (including phenoxy) is 1. The van der Waals surface area contributed by atoms with Gasteiger partial charge in [-0.1, -0.05) is 25.1 Å². The minimum atomic E-state index is 0.422. The number of para-hydroxylation sites is 1. The van der Waals surface area contributed by atoms with Gasteiger partial charge in [-0.25, -0.2) is 0 Å². The van der Waals surface area contributed by atoms with Crippen LogP contribution < -0.4 is 10.1 Å². The van der Waals surface area contributed by atoms with Crippen molar-refractivity contribution < 1.29 is 4.74 Å². The van der Waals surface area contributed by atoms with Crippen molar-refractivity contribution in [2.24, 2.45) is 17.8 Å². The fourth-order valence-electron chi connectivity index (χ4n) is 3.47. The molecular formula is C18H27NO. The van der Waals surface area contributed by atoms with Gasteiger partial charge in [0.25, 0.3) is 0 Å². The highest BCUT2D eigenvalue weighted by molar-refractivity contribution is 5.35. The van der Waals surface area contributed by atoms with Crippen LogP contribution in [0.2, 0.25) is 0 Å². The zero-order valence-electron chi connectivity index (χ0n) is 12.8. The maximum atomic E-state index is 5.51. The van der Waals surface area contributed by atoms with Gasteiger partial charge in [-0.3, -0.25) is 0 Å². The second kappa shape index (κ2) is 6.17. The molecule has 1 N–H and O–H groups in total. The van der Waals surface area contributed by atoms with E-state index in [1.54, 1.807) is 7.11 Å². The van der Waals surface area contributed by atoms with E-state index in [0.29, 0.717) is 6.04 Å². The molecule has 3 rings (SSSR count). The lowest BCUT2D eigenvalue weighted by Gasteiger charge is -2.24. The molecule has 1 aromatic carbocycles. The molecule has 2 saturated carbocycles. The summed E-state index contributed by atoms with van der Waals surface area (Å²) in [5, 5.41) is 3.82. The summed E-state index contributed by atoms with van der Waals surface area (Å²) in [5.41, 5.74) is 1.31. The smallest absolute Gasteiger partial charge is 0.123 e. The normalized spacial score (nSPS) is 20.1. The van der Waals surface area contributed by atoms with Crippen molar-refractivity contribution in [1.29, 1.82) is 0 Å². The predicted octanol–water partition coefficient (Wildman–Crippen LogP) is 4.17. The number of methoxy groups -OCH3 is 1. The van der Waals surface area contributed by atoms with Crippen molar-refractivity contribution in [1.82, 2.24) is 5.32 Å². The summed E-state index contributed by atoms with van der Waals surface area (Å²) in [5.74, 6) is 3.98. The molecule has 2 heteroatoms. The summed E-state index contributed by atoms with van der Waals surface area (Å²) in [7, 11) is 1.77. The standard InChI is InChI=1S/C18H27NO/c1-3-17(15-6-4-5-7-18(15)20-2)19-12-16(13-8-9-13)14-10-11-14/h4-7,13-14,16-17,19H,3,8-12H2,1-2H3. The highest BCUT2D eigenvalue weighted by Crippen LogP contribution is 2.49. The maximum absolute atomic E-state index is 5.51. The van der Waals surface area contributed by atoms with E-state index in [2.05, 4.69) is 30.4 Å². The molecule has 1 atom stereocenters. The van der Waals surface area contributed by atoms with E-state index in [0.717, 1.165) is 29.9 Å². The Morgan fingerprint density at radius 3 is 2.35 bits per heavy atom. The van der Waals surface area contributed by atoms with Gasteiger partial charge in [0.2, 0.25) is 0 Å². The molecule has 0 bridgehead atoms. The van der Waals surface area contributed by atoms with Crippen LogP contribution in [0.15, 0.2) is 24.3 Å². The van der Waals surface area contributed by atoms with Gasteiger partial charge >= 0.3 is 0 Å².